The minimum Gasteiger partial charge on any atom is -0.504 e. The molecule has 0 bridgehead atoms. The fourth-order valence-electron chi connectivity index (χ4n) is 3.62. The van der Waals surface area contributed by atoms with Crippen LogP contribution in [0.5, 0.6) is 17.2 Å². The molecule has 108 valence electrons. The molecule has 2 aromatic rings. The van der Waals surface area contributed by atoms with E-state index in [0.29, 0.717) is 12.4 Å². The Morgan fingerprint density at radius 1 is 1.14 bits per heavy atom. The van der Waals surface area contributed by atoms with Crippen molar-refractivity contribution < 1.29 is 14.9 Å². The van der Waals surface area contributed by atoms with Crippen LogP contribution < -0.4 is 10.1 Å². The van der Waals surface area contributed by atoms with Gasteiger partial charge in [0.25, 0.3) is 0 Å². The van der Waals surface area contributed by atoms with E-state index in [0.717, 1.165) is 12.1 Å². The second-order valence-electron chi connectivity index (χ2n) is 5.94. The lowest BCUT2D eigenvalue weighted by Gasteiger charge is -2.47. The molecule has 3 N–H and O–H groups in total. The molecule has 0 saturated carbocycles. The summed E-state index contributed by atoms with van der Waals surface area (Å²) >= 11 is 0. The molecule has 4 heteroatoms. The Labute approximate surface area is 123 Å². The van der Waals surface area contributed by atoms with Crippen molar-refractivity contribution in [2.24, 2.45) is 0 Å². The average molecular weight is 283 g/mol. The number of phenolic OH excluding ortho intramolecular Hbond substituents is 2. The van der Waals surface area contributed by atoms with Crippen LogP contribution in [0, 0.1) is 0 Å². The summed E-state index contributed by atoms with van der Waals surface area (Å²) in [5.74, 6) is 0.387. The second-order valence-corrected chi connectivity index (χ2v) is 5.94. The standard InChI is InChI=1S/C17H17NO3/c1-17-11-5-3-2-4-10(11)8-18-16(17)9-21-15-7-14(20)13(19)6-12(15)17/h2-7,16,18-20H,8-9H2,1H3. The van der Waals surface area contributed by atoms with E-state index in [1.807, 2.05) is 12.1 Å². The molecule has 0 amide bonds. The van der Waals surface area contributed by atoms with Crippen molar-refractivity contribution in [3.63, 3.8) is 0 Å². The van der Waals surface area contributed by atoms with Crippen molar-refractivity contribution in [2.75, 3.05) is 6.61 Å². The average Bonchev–Trinajstić information content (AvgIpc) is 2.49. The molecular weight excluding hydrogens is 266 g/mol. The van der Waals surface area contributed by atoms with Gasteiger partial charge in [0, 0.05) is 23.6 Å². The number of phenols is 2. The monoisotopic (exact) mass is 283 g/mol. The Morgan fingerprint density at radius 3 is 2.76 bits per heavy atom. The van der Waals surface area contributed by atoms with Gasteiger partial charge in [-0.05, 0) is 24.1 Å². The third-order valence-corrected chi connectivity index (χ3v) is 4.85. The molecule has 2 aliphatic rings. The van der Waals surface area contributed by atoms with E-state index in [1.165, 1.54) is 17.2 Å². The van der Waals surface area contributed by atoms with Gasteiger partial charge in [-0.15, -0.1) is 0 Å². The van der Waals surface area contributed by atoms with Crippen LogP contribution in [0.1, 0.15) is 23.6 Å². The number of hydrogen-bond acceptors (Lipinski definition) is 4. The third kappa shape index (κ3) is 1.59. The quantitative estimate of drug-likeness (QED) is 0.649. The first-order valence-corrected chi connectivity index (χ1v) is 7.11. The molecule has 0 aliphatic carbocycles. The molecule has 4 rings (SSSR count). The maximum Gasteiger partial charge on any atom is 0.161 e. The molecule has 4 nitrogen and oxygen atoms in total. The van der Waals surface area contributed by atoms with Gasteiger partial charge in [0.2, 0.25) is 0 Å². The summed E-state index contributed by atoms with van der Waals surface area (Å²) in [7, 11) is 0. The number of fused-ring (bicyclic) bond motifs is 5. The first kappa shape index (κ1) is 12.5. The summed E-state index contributed by atoms with van der Waals surface area (Å²) in [6.07, 6.45) is 0. The molecule has 2 aromatic carbocycles. The summed E-state index contributed by atoms with van der Waals surface area (Å²) in [5.41, 5.74) is 3.14. The van der Waals surface area contributed by atoms with Gasteiger partial charge in [-0.3, -0.25) is 0 Å². The fourth-order valence-corrected chi connectivity index (χ4v) is 3.62. The van der Waals surface area contributed by atoms with Crippen LogP contribution in [-0.4, -0.2) is 22.9 Å². The third-order valence-electron chi connectivity index (χ3n) is 4.85. The van der Waals surface area contributed by atoms with Crippen molar-refractivity contribution in [3.05, 3.63) is 53.1 Å². The highest BCUT2D eigenvalue weighted by Crippen LogP contribution is 2.49. The largest absolute Gasteiger partial charge is 0.504 e. The number of ether oxygens (including phenoxy) is 1. The van der Waals surface area contributed by atoms with E-state index in [-0.39, 0.29) is 23.0 Å². The zero-order valence-corrected chi connectivity index (χ0v) is 11.8. The van der Waals surface area contributed by atoms with Gasteiger partial charge in [-0.25, -0.2) is 0 Å². The molecule has 2 aliphatic heterocycles. The summed E-state index contributed by atoms with van der Waals surface area (Å²) in [6.45, 7) is 3.53. The van der Waals surface area contributed by atoms with Gasteiger partial charge in [-0.2, -0.15) is 0 Å². The Hall–Kier alpha value is -2.20. The topological polar surface area (TPSA) is 61.7 Å². The summed E-state index contributed by atoms with van der Waals surface area (Å²) in [4.78, 5) is 0. The Kier molecular flexibility index (Phi) is 2.48. The van der Waals surface area contributed by atoms with Crippen LogP contribution >= 0.6 is 0 Å². The molecule has 0 saturated heterocycles. The van der Waals surface area contributed by atoms with E-state index in [9.17, 15) is 10.2 Å². The minimum atomic E-state index is -0.284. The first-order chi connectivity index (χ1) is 10.1. The van der Waals surface area contributed by atoms with Crippen molar-refractivity contribution in [1.29, 1.82) is 0 Å². The van der Waals surface area contributed by atoms with E-state index in [4.69, 9.17) is 4.74 Å². The van der Waals surface area contributed by atoms with E-state index >= 15 is 0 Å². The molecule has 2 unspecified atom stereocenters. The maximum absolute atomic E-state index is 9.90. The van der Waals surface area contributed by atoms with Crippen molar-refractivity contribution in [3.8, 4) is 17.2 Å². The summed E-state index contributed by atoms with van der Waals surface area (Å²) in [6, 6.07) is 11.6. The minimum absolute atomic E-state index is 0.109. The highest BCUT2D eigenvalue weighted by Gasteiger charge is 2.46. The van der Waals surface area contributed by atoms with Gasteiger partial charge < -0.3 is 20.3 Å². The Balaban J connectivity index is 2.00. The van der Waals surface area contributed by atoms with E-state index < -0.39 is 0 Å². The van der Waals surface area contributed by atoms with Gasteiger partial charge in [0.1, 0.15) is 12.4 Å². The number of nitrogens with one attached hydrogen (secondary N) is 1. The normalized spacial score (nSPS) is 26.2. The zero-order chi connectivity index (χ0) is 14.6. The maximum atomic E-state index is 9.90. The van der Waals surface area contributed by atoms with Crippen LogP contribution in [-0.2, 0) is 12.0 Å². The predicted octanol–water partition coefficient (Wildman–Crippen LogP) is 2.27. The van der Waals surface area contributed by atoms with Crippen LogP contribution in [0.15, 0.2) is 36.4 Å². The van der Waals surface area contributed by atoms with Crippen LogP contribution in [0.2, 0.25) is 0 Å². The molecule has 0 aromatic heterocycles. The molecule has 2 atom stereocenters. The highest BCUT2D eigenvalue weighted by molar-refractivity contribution is 5.59. The Bertz CT molecular complexity index is 728. The highest BCUT2D eigenvalue weighted by atomic mass is 16.5. The number of hydrogen-bond donors (Lipinski definition) is 3. The van der Waals surface area contributed by atoms with Crippen LogP contribution in [0.25, 0.3) is 0 Å². The van der Waals surface area contributed by atoms with Crippen molar-refractivity contribution in [1.82, 2.24) is 5.32 Å². The molecule has 21 heavy (non-hydrogen) atoms. The van der Waals surface area contributed by atoms with Crippen molar-refractivity contribution in [2.45, 2.75) is 24.9 Å². The zero-order valence-electron chi connectivity index (χ0n) is 11.8. The smallest absolute Gasteiger partial charge is 0.161 e. The van der Waals surface area contributed by atoms with Gasteiger partial charge in [0.05, 0.1) is 6.04 Å². The molecule has 0 radical (unpaired) electrons. The van der Waals surface area contributed by atoms with Crippen LogP contribution in [0.4, 0.5) is 0 Å². The summed E-state index contributed by atoms with van der Waals surface area (Å²) in [5, 5.41) is 23.1. The van der Waals surface area contributed by atoms with Gasteiger partial charge >= 0.3 is 0 Å². The second kappa shape index (κ2) is 4.15. The molecule has 0 spiro atoms. The van der Waals surface area contributed by atoms with Crippen LogP contribution in [0.3, 0.4) is 0 Å². The molecular formula is C17H17NO3. The lowest BCUT2D eigenvalue weighted by molar-refractivity contribution is 0.173. The predicted molar refractivity (Wildman–Crippen MR) is 78.8 cm³/mol. The number of benzene rings is 2. The molecule has 2 heterocycles. The Morgan fingerprint density at radius 2 is 1.90 bits per heavy atom. The van der Waals surface area contributed by atoms with Gasteiger partial charge in [0.15, 0.2) is 11.5 Å². The SMILES string of the molecule is CC12c3ccccc3CNC1COc1cc(O)c(O)cc12. The lowest BCUT2D eigenvalue weighted by atomic mass is 9.66. The lowest BCUT2D eigenvalue weighted by Crippen LogP contribution is -2.56. The first-order valence-electron chi connectivity index (χ1n) is 7.11. The fraction of sp³-hybridized carbons (Fsp3) is 0.294. The van der Waals surface area contributed by atoms with Gasteiger partial charge in [-0.1, -0.05) is 24.3 Å². The van der Waals surface area contributed by atoms with E-state index in [1.54, 1.807) is 6.07 Å². The number of rotatable bonds is 0. The molecule has 0 fully saturated rings. The summed E-state index contributed by atoms with van der Waals surface area (Å²) < 4.78 is 5.78. The van der Waals surface area contributed by atoms with E-state index in [2.05, 4.69) is 24.4 Å². The van der Waals surface area contributed by atoms with Crippen molar-refractivity contribution >= 4 is 0 Å². The number of aromatic hydroxyl groups is 2.